The molecule has 1 amide bonds. The van der Waals surface area contributed by atoms with Crippen LogP contribution >= 0.6 is 22.9 Å². The number of carbonyl (C=O) groups is 2. The zero-order chi connectivity index (χ0) is 11.0. The molecule has 1 saturated heterocycles. The van der Waals surface area contributed by atoms with E-state index in [1.54, 1.807) is 22.9 Å². The Morgan fingerprint density at radius 3 is 2.53 bits per heavy atom. The van der Waals surface area contributed by atoms with Crippen molar-refractivity contribution in [1.82, 2.24) is 3.53 Å². The predicted molar refractivity (Wildman–Crippen MR) is 59.1 cm³/mol. The Morgan fingerprint density at radius 2 is 2.00 bits per heavy atom. The van der Waals surface area contributed by atoms with E-state index in [-0.39, 0.29) is 18.1 Å². The second kappa shape index (κ2) is 4.09. The first-order valence-electron chi connectivity index (χ1n) is 4.57. The minimum absolute atomic E-state index is 0.237. The average Bonchev–Trinajstić information content (AvgIpc) is 2.86. The molecular weight excluding hydrogens is 313 g/mol. The number of halogens is 1. The summed E-state index contributed by atoms with van der Waals surface area (Å²) in [4.78, 5) is 23.1. The van der Waals surface area contributed by atoms with Gasteiger partial charge in [-0.15, -0.1) is 0 Å². The van der Waals surface area contributed by atoms with Gasteiger partial charge in [0.15, 0.2) is 0 Å². The van der Waals surface area contributed by atoms with Gasteiger partial charge in [-0.05, 0) is 12.8 Å². The number of nitrogens with one attached hydrogen (secondary N) is 1. The predicted octanol–water partition coefficient (Wildman–Crippen LogP) is 0.483. The highest BCUT2D eigenvalue weighted by atomic mass is 127. The topological polar surface area (TPSA) is 64.6 Å². The molecule has 1 N–H and O–H groups in total. The highest BCUT2D eigenvalue weighted by molar-refractivity contribution is 14.1. The number of hydrogen-bond donors (Lipinski definition) is 1. The van der Waals surface area contributed by atoms with Gasteiger partial charge in [0.05, 0.1) is 53.3 Å². The number of methoxy groups -OCH3 is 1. The Morgan fingerprint density at radius 1 is 1.40 bits per heavy atom. The van der Waals surface area contributed by atoms with Crippen molar-refractivity contribution in [2.75, 3.05) is 7.11 Å². The van der Waals surface area contributed by atoms with E-state index in [1.807, 2.05) is 0 Å². The first-order chi connectivity index (χ1) is 7.19. The molecule has 0 aromatic carbocycles. The number of esters is 1. The molecule has 5 nitrogen and oxygen atoms in total. The maximum atomic E-state index is 11.6. The van der Waals surface area contributed by atoms with Gasteiger partial charge in [-0.25, -0.2) is 4.79 Å². The quantitative estimate of drug-likeness (QED) is 0.456. The van der Waals surface area contributed by atoms with Crippen molar-refractivity contribution in [3.63, 3.8) is 0 Å². The zero-order valence-corrected chi connectivity index (χ0v) is 10.2. The van der Waals surface area contributed by atoms with Crippen molar-refractivity contribution in [1.29, 1.82) is 0 Å². The Bertz CT molecular complexity index is 320. The van der Waals surface area contributed by atoms with E-state index >= 15 is 0 Å². The second-order valence-electron chi connectivity index (χ2n) is 3.43. The molecule has 0 saturated carbocycles. The molecule has 0 aromatic heterocycles. The van der Waals surface area contributed by atoms with Gasteiger partial charge in [-0.2, -0.15) is 0 Å². The van der Waals surface area contributed by atoms with E-state index < -0.39 is 5.97 Å². The van der Waals surface area contributed by atoms with Crippen LogP contribution in [0.2, 0.25) is 0 Å². The van der Waals surface area contributed by atoms with Crippen molar-refractivity contribution in [2.45, 2.75) is 25.0 Å². The molecule has 0 radical (unpaired) electrons. The Hall–Kier alpha value is -0.630. The van der Waals surface area contributed by atoms with Crippen molar-refractivity contribution >= 4 is 34.7 Å². The Balaban J connectivity index is 2.39. The van der Waals surface area contributed by atoms with E-state index in [0.29, 0.717) is 11.1 Å². The standard InChI is InChI=1S/C9H10INO4/c1-14-9(13)7-5-3-2-4(15-5)6(7)8(12)11-10/h4-5H,2-3H2,1H3,(H,11,12). The summed E-state index contributed by atoms with van der Waals surface area (Å²) in [5.74, 6) is -0.722. The summed E-state index contributed by atoms with van der Waals surface area (Å²) >= 11 is 1.75. The lowest BCUT2D eigenvalue weighted by molar-refractivity contribution is -0.137. The first-order valence-corrected chi connectivity index (χ1v) is 5.65. The molecule has 2 unspecified atom stereocenters. The van der Waals surface area contributed by atoms with Crippen LogP contribution in [0.1, 0.15) is 12.8 Å². The fourth-order valence-corrected chi connectivity index (χ4v) is 2.37. The average molecular weight is 323 g/mol. The molecule has 0 aliphatic carbocycles. The highest BCUT2D eigenvalue weighted by Gasteiger charge is 2.46. The number of ether oxygens (including phenoxy) is 2. The number of rotatable bonds is 2. The summed E-state index contributed by atoms with van der Waals surface area (Å²) in [6, 6.07) is 0. The molecule has 0 spiro atoms. The van der Waals surface area contributed by atoms with Gasteiger partial charge in [-0.1, -0.05) is 0 Å². The number of fused-ring (bicyclic) bond motifs is 2. The third-order valence-corrected chi connectivity index (χ3v) is 3.18. The molecule has 1 fully saturated rings. The van der Waals surface area contributed by atoms with Gasteiger partial charge >= 0.3 is 5.97 Å². The van der Waals surface area contributed by atoms with Crippen LogP contribution in [0.3, 0.4) is 0 Å². The van der Waals surface area contributed by atoms with Crippen molar-refractivity contribution in [3.8, 4) is 0 Å². The summed E-state index contributed by atoms with van der Waals surface area (Å²) < 4.78 is 12.6. The minimum Gasteiger partial charge on any atom is -0.466 e. The third kappa shape index (κ3) is 1.65. The minimum atomic E-state index is -0.461. The lowest BCUT2D eigenvalue weighted by atomic mass is 9.91. The van der Waals surface area contributed by atoms with Crippen molar-refractivity contribution < 1.29 is 19.1 Å². The highest BCUT2D eigenvalue weighted by Crippen LogP contribution is 2.39. The van der Waals surface area contributed by atoms with Crippen LogP contribution in [-0.4, -0.2) is 31.2 Å². The van der Waals surface area contributed by atoms with Gasteiger partial charge in [0.25, 0.3) is 5.91 Å². The lowest BCUT2D eigenvalue weighted by Crippen LogP contribution is -2.26. The monoisotopic (exact) mass is 323 g/mol. The van der Waals surface area contributed by atoms with Crippen molar-refractivity contribution in [2.24, 2.45) is 0 Å². The van der Waals surface area contributed by atoms with Crippen LogP contribution in [0.15, 0.2) is 11.1 Å². The summed E-state index contributed by atoms with van der Waals surface area (Å²) in [6.45, 7) is 0. The molecule has 6 heteroatoms. The van der Waals surface area contributed by atoms with E-state index in [0.717, 1.165) is 12.8 Å². The molecular formula is C9H10INO4. The fourth-order valence-electron chi connectivity index (χ4n) is 2.08. The van der Waals surface area contributed by atoms with Gasteiger partial charge in [0.1, 0.15) is 0 Å². The zero-order valence-electron chi connectivity index (χ0n) is 8.08. The molecule has 2 bridgehead atoms. The molecule has 82 valence electrons. The maximum Gasteiger partial charge on any atom is 0.336 e. The van der Waals surface area contributed by atoms with Crippen LogP contribution in [0.25, 0.3) is 0 Å². The lowest BCUT2D eigenvalue weighted by Gasteiger charge is -2.12. The molecule has 2 rings (SSSR count). The second-order valence-corrected chi connectivity index (χ2v) is 3.97. The normalized spacial score (nSPS) is 28.1. The molecule has 15 heavy (non-hydrogen) atoms. The largest absolute Gasteiger partial charge is 0.466 e. The van der Waals surface area contributed by atoms with Crippen LogP contribution in [0, 0.1) is 0 Å². The van der Waals surface area contributed by atoms with Crippen LogP contribution in [0.5, 0.6) is 0 Å². The summed E-state index contributed by atoms with van der Waals surface area (Å²) in [5.41, 5.74) is 0.829. The van der Waals surface area contributed by atoms with Gasteiger partial charge in [-0.3, -0.25) is 8.32 Å². The Kier molecular flexibility index (Phi) is 2.96. The molecule has 0 aromatic rings. The van der Waals surface area contributed by atoms with E-state index in [4.69, 9.17) is 4.74 Å². The van der Waals surface area contributed by atoms with Crippen LogP contribution in [0.4, 0.5) is 0 Å². The third-order valence-electron chi connectivity index (χ3n) is 2.69. The maximum absolute atomic E-state index is 11.6. The Labute approximate surface area is 101 Å². The van der Waals surface area contributed by atoms with Crippen LogP contribution < -0.4 is 3.53 Å². The molecule has 2 aliphatic rings. The summed E-state index contributed by atoms with van der Waals surface area (Å²) in [6.07, 6.45) is 1.09. The summed E-state index contributed by atoms with van der Waals surface area (Å²) in [7, 11) is 1.31. The SMILES string of the molecule is COC(=O)C1=C(C(=O)NI)C2CCC1O2. The number of amides is 1. The van der Waals surface area contributed by atoms with Crippen molar-refractivity contribution in [3.05, 3.63) is 11.1 Å². The van der Waals surface area contributed by atoms with E-state index in [2.05, 4.69) is 8.27 Å². The van der Waals surface area contributed by atoms with E-state index in [1.165, 1.54) is 7.11 Å². The molecule has 2 heterocycles. The smallest absolute Gasteiger partial charge is 0.336 e. The van der Waals surface area contributed by atoms with Gasteiger partial charge < -0.3 is 9.47 Å². The van der Waals surface area contributed by atoms with E-state index in [9.17, 15) is 9.59 Å². The molecule has 2 atom stereocenters. The van der Waals surface area contributed by atoms with Crippen LogP contribution in [-0.2, 0) is 19.1 Å². The van der Waals surface area contributed by atoms with Gasteiger partial charge in [0, 0.05) is 0 Å². The molecule has 2 aliphatic heterocycles. The number of carbonyl (C=O) groups excluding carboxylic acids is 2. The first kappa shape index (κ1) is 10.9. The number of hydrogen-bond acceptors (Lipinski definition) is 4. The van der Waals surface area contributed by atoms with Gasteiger partial charge in [0.2, 0.25) is 0 Å². The summed E-state index contributed by atoms with van der Waals surface area (Å²) in [5, 5.41) is 0. The fraction of sp³-hybridized carbons (Fsp3) is 0.556.